The van der Waals surface area contributed by atoms with Crippen LogP contribution in [0.25, 0.3) is 11.1 Å². The molecule has 7 nitrogen and oxygen atoms in total. The summed E-state index contributed by atoms with van der Waals surface area (Å²) in [6, 6.07) is 8.75. The zero-order valence-electron chi connectivity index (χ0n) is 19.6. The molecule has 0 radical (unpaired) electrons. The second-order valence-electron chi connectivity index (χ2n) is 9.26. The molecule has 3 aromatic rings. The highest BCUT2D eigenvalue weighted by atomic mass is 19.1. The fraction of sp³-hybridized carbons (Fsp3) is 0.385. The van der Waals surface area contributed by atoms with Gasteiger partial charge in [0, 0.05) is 35.1 Å². The van der Waals surface area contributed by atoms with E-state index in [9.17, 15) is 9.18 Å². The van der Waals surface area contributed by atoms with E-state index in [2.05, 4.69) is 20.2 Å². The number of aryl methyl sites for hydroxylation is 1. The Labute approximate surface area is 198 Å². The molecule has 1 N–H and O–H groups in total. The molecule has 2 unspecified atom stereocenters. The van der Waals surface area contributed by atoms with Gasteiger partial charge in [-0.15, -0.1) is 0 Å². The molecule has 2 atom stereocenters. The number of halogens is 1. The van der Waals surface area contributed by atoms with E-state index in [0.29, 0.717) is 47.2 Å². The minimum atomic E-state index is -0.361. The smallest absolute Gasteiger partial charge is 0.258 e. The van der Waals surface area contributed by atoms with E-state index in [4.69, 9.17) is 9.72 Å². The molecule has 2 saturated heterocycles. The maximum Gasteiger partial charge on any atom is 0.258 e. The molecule has 0 spiro atoms. The average Bonchev–Trinajstić information content (AvgIpc) is 3.07. The van der Waals surface area contributed by atoms with Crippen LogP contribution in [0, 0.1) is 12.7 Å². The highest BCUT2D eigenvalue weighted by Gasteiger charge is 2.40. The number of ether oxygens (including phenoxy) is 1. The monoisotopic (exact) mass is 461 g/mol. The largest absolute Gasteiger partial charge is 0.377 e. The number of aromatic nitrogens is 3. The van der Waals surface area contributed by atoms with Gasteiger partial charge < -0.3 is 15.0 Å². The highest BCUT2D eigenvalue weighted by molar-refractivity contribution is 6.08. The third kappa shape index (κ3) is 4.14. The van der Waals surface area contributed by atoms with E-state index in [1.807, 2.05) is 26.8 Å². The lowest BCUT2D eigenvalue weighted by molar-refractivity contribution is 0.0902. The molecule has 1 aromatic carbocycles. The van der Waals surface area contributed by atoms with Crippen LogP contribution in [0.4, 0.5) is 15.9 Å². The molecular weight excluding hydrogens is 433 g/mol. The quantitative estimate of drug-likeness (QED) is 0.592. The Morgan fingerprint density at radius 2 is 1.79 bits per heavy atom. The summed E-state index contributed by atoms with van der Waals surface area (Å²) in [7, 11) is 0. The number of carbonyl (C=O) groups excluding carboxylic acids is 1. The first kappa shape index (κ1) is 22.4. The lowest BCUT2D eigenvalue weighted by Gasteiger charge is -2.37. The predicted octanol–water partition coefficient (Wildman–Crippen LogP) is 4.73. The molecule has 34 heavy (non-hydrogen) atoms. The summed E-state index contributed by atoms with van der Waals surface area (Å²) >= 11 is 0. The van der Waals surface area contributed by atoms with Crippen molar-refractivity contribution in [2.24, 2.45) is 0 Å². The number of nitrogens with one attached hydrogen (secondary N) is 1. The number of anilines is 2. The Bertz CT molecular complexity index is 1200. The third-order valence-electron chi connectivity index (χ3n) is 6.47. The number of hydrogen-bond donors (Lipinski definition) is 1. The molecule has 8 heteroatoms. The number of amides is 1. The van der Waals surface area contributed by atoms with Crippen molar-refractivity contribution in [1.29, 1.82) is 0 Å². The molecule has 2 bridgehead atoms. The van der Waals surface area contributed by atoms with Crippen LogP contribution in [-0.4, -0.2) is 46.2 Å². The van der Waals surface area contributed by atoms with Crippen molar-refractivity contribution in [3.8, 4) is 11.1 Å². The average molecular weight is 462 g/mol. The van der Waals surface area contributed by atoms with Crippen LogP contribution in [0.15, 0.2) is 42.7 Å². The molecule has 1 amide bonds. The van der Waals surface area contributed by atoms with Gasteiger partial charge in [-0.2, -0.15) is 0 Å². The third-order valence-corrected chi connectivity index (χ3v) is 6.47. The zero-order valence-corrected chi connectivity index (χ0v) is 19.6. The van der Waals surface area contributed by atoms with E-state index in [-0.39, 0.29) is 29.7 Å². The van der Waals surface area contributed by atoms with Gasteiger partial charge in [-0.25, -0.2) is 19.3 Å². The maximum absolute atomic E-state index is 14.9. The minimum absolute atomic E-state index is 0.162. The Hall–Kier alpha value is -3.39. The molecule has 2 aliphatic rings. The number of fused-ring (bicyclic) bond motifs is 2. The van der Waals surface area contributed by atoms with E-state index in [1.54, 1.807) is 18.2 Å². The van der Waals surface area contributed by atoms with Crippen molar-refractivity contribution in [3.05, 3.63) is 65.6 Å². The summed E-state index contributed by atoms with van der Waals surface area (Å²) in [5.74, 6) is 0.771. The van der Waals surface area contributed by atoms with Crippen molar-refractivity contribution >= 4 is 17.4 Å². The first-order valence-electron chi connectivity index (χ1n) is 11.7. The van der Waals surface area contributed by atoms with Crippen molar-refractivity contribution < 1.29 is 13.9 Å². The lowest BCUT2D eigenvalue weighted by Crippen LogP contribution is -2.46. The van der Waals surface area contributed by atoms with Crippen LogP contribution in [0.1, 0.15) is 54.5 Å². The standard InChI is InChI=1S/C26H28FN5O2/c1-15(2)24-28-11-17(12-29-24)26(33)31-23-21(20-6-4-5-7-22(20)27)10-16(3)30-25(23)32-18-8-9-19(32)14-34-13-18/h4-7,10-12,15,18-19H,8-9,13-14H2,1-3H3,(H,31,33). The Balaban J connectivity index is 1.61. The fourth-order valence-corrected chi connectivity index (χ4v) is 4.77. The van der Waals surface area contributed by atoms with Crippen molar-refractivity contribution in [3.63, 3.8) is 0 Å². The van der Waals surface area contributed by atoms with Crippen LogP contribution in [0.2, 0.25) is 0 Å². The first-order valence-corrected chi connectivity index (χ1v) is 11.7. The molecule has 2 aromatic heterocycles. The first-order chi connectivity index (χ1) is 16.4. The van der Waals surface area contributed by atoms with Crippen LogP contribution in [0.5, 0.6) is 0 Å². The summed E-state index contributed by atoms with van der Waals surface area (Å²) in [5.41, 5.74) is 2.59. The Kier molecular flexibility index (Phi) is 6.00. The summed E-state index contributed by atoms with van der Waals surface area (Å²) in [6.45, 7) is 7.10. The normalized spacial score (nSPS) is 19.5. The van der Waals surface area contributed by atoms with Crippen molar-refractivity contribution in [1.82, 2.24) is 15.0 Å². The summed E-state index contributed by atoms with van der Waals surface area (Å²) < 4.78 is 20.7. The second-order valence-corrected chi connectivity index (χ2v) is 9.26. The summed E-state index contributed by atoms with van der Waals surface area (Å²) in [6.07, 6.45) is 5.04. The summed E-state index contributed by atoms with van der Waals surface area (Å²) in [4.78, 5) is 29.0. The van der Waals surface area contributed by atoms with E-state index in [1.165, 1.54) is 18.5 Å². The second kappa shape index (κ2) is 9.10. The van der Waals surface area contributed by atoms with Gasteiger partial charge in [0.1, 0.15) is 11.6 Å². The molecule has 2 fully saturated rings. The fourth-order valence-electron chi connectivity index (χ4n) is 4.77. The Morgan fingerprint density at radius 1 is 1.12 bits per heavy atom. The van der Waals surface area contributed by atoms with Gasteiger partial charge in [0.25, 0.3) is 5.91 Å². The summed E-state index contributed by atoms with van der Waals surface area (Å²) in [5, 5.41) is 3.03. The van der Waals surface area contributed by atoms with Gasteiger partial charge in [0.05, 0.1) is 36.5 Å². The number of pyridine rings is 1. The molecule has 4 heterocycles. The topological polar surface area (TPSA) is 80.2 Å². The van der Waals surface area contributed by atoms with Crippen molar-refractivity contribution in [2.45, 2.75) is 51.6 Å². The minimum Gasteiger partial charge on any atom is -0.377 e. The van der Waals surface area contributed by atoms with E-state index in [0.717, 1.165) is 18.5 Å². The molecule has 0 saturated carbocycles. The van der Waals surface area contributed by atoms with E-state index >= 15 is 0 Å². The van der Waals surface area contributed by atoms with E-state index < -0.39 is 0 Å². The molecule has 2 aliphatic heterocycles. The highest BCUT2D eigenvalue weighted by Crippen LogP contribution is 2.42. The van der Waals surface area contributed by atoms with Crippen LogP contribution in [-0.2, 0) is 4.74 Å². The SMILES string of the molecule is Cc1cc(-c2ccccc2F)c(NC(=O)c2cnc(C(C)C)nc2)c(N2C3CCC2COC3)n1. The molecule has 0 aliphatic carbocycles. The van der Waals surface area contributed by atoms with Crippen LogP contribution >= 0.6 is 0 Å². The van der Waals surface area contributed by atoms with Gasteiger partial charge >= 0.3 is 0 Å². The number of rotatable bonds is 5. The maximum atomic E-state index is 14.9. The van der Waals surface area contributed by atoms with Gasteiger partial charge in [-0.1, -0.05) is 32.0 Å². The number of benzene rings is 1. The molecular formula is C26H28FN5O2. The molecule has 176 valence electrons. The van der Waals surface area contributed by atoms with Crippen LogP contribution < -0.4 is 10.2 Å². The predicted molar refractivity (Wildman–Crippen MR) is 129 cm³/mol. The molecule has 5 rings (SSSR count). The number of hydrogen-bond acceptors (Lipinski definition) is 6. The van der Waals surface area contributed by atoms with Gasteiger partial charge in [-0.05, 0) is 31.9 Å². The van der Waals surface area contributed by atoms with Gasteiger partial charge in [0.15, 0.2) is 5.82 Å². The number of morpholine rings is 1. The number of nitrogens with zero attached hydrogens (tertiary/aromatic N) is 4. The van der Waals surface area contributed by atoms with Gasteiger partial charge in [-0.3, -0.25) is 4.79 Å². The van der Waals surface area contributed by atoms with Crippen molar-refractivity contribution in [2.75, 3.05) is 23.4 Å². The van der Waals surface area contributed by atoms with Gasteiger partial charge in [0.2, 0.25) is 0 Å². The van der Waals surface area contributed by atoms with Crippen LogP contribution in [0.3, 0.4) is 0 Å². The zero-order chi connectivity index (χ0) is 23.8. The Morgan fingerprint density at radius 3 is 2.44 bits per heavy atom. The number of carbonyl (C=O) groups is 1. The lowest BCUT2D eigenvalue weighted by atomic mass is 10.0.